The fourth-order valence-corrected chi connectivity index (χ4v) is 2.99. The van der Waals surface area contributed by atoms with Crippen molar-refractivity contribution in [3.63, 3.8) is 0 Å². The molecule has 2 rings (SSSR count). The molecule has 98 valence electrons. The van der Waals surface area contributed by atoms with E-state index in [1.54, 1.807) is 4.90 Å². The second-order valence-electron chi connectivity index (χ2n) is 4.12. The molecule has 0 aromatic carbocycles. The number of carboxylic acids is 1. The molecule has 0 bridgehead atoms. The Hall–Kier alpha value is -1.40. The van der Waals surface area contributed by atoms with Crippen molar-refractivity contribution in [2.24, 2.45) is 0 Å². The van der Waals surface area contributed by atoms with E-state index >= 15 is 0 Å². The van der Waals surface area contributed by atoms with Crippen LogP contribution in [-0.4, -0.2) is 41.1 Å². The van der Waals surface area contributed by atoms with Gasteiger partial charge in [-0.15, -0.1) is 11.3 Å². The lowest BCUT2D eigenvalue weighted by Gasteiger charge is -2.38. The summed E-state index contributed by atoms with van der Waals surface area (Å²) in [7, 11) is 0. The largest absolute Gasteiger partial charge is 0.479 e. The number of hydrogen-bond acceptors (Lipinski definition) is 4. The Morgan fingerprint density at radius 3 is 3.00 bits per heavy atom. The van der Waals surface area contributed by atoms with Crippen LogP contribution in [0.15, 0.2) is 17.5 Å². The molecule has 1 amide bonds. The number of ether oxygens (including phenoxy) is 1. The zero-order valence-electron chi connectivity index (χ0n) is 10.0. The zero-order chi connectivity index (χ0) is 13.1. The Labute approximate surface area is 109 Å². The van der Waals surface area contributed by atoms with Crippen molar-refractivity contribution in [2.75, 3.05) is 13.2 Å². The third-order valence-corrected chi connectivity index (χ3v) is 3.81. The maximum absolute atomic E-state index is 11.9. The summed E-state index contributed by atoms with van der Waals surface area (Å²) >= 11 is 1.45. The van der Waals surface area contributed by atoms with Crippen molar-refractivity contribution in [2.45, 2.75) is 25.5 Å². The molecular weight excluding hydrogens is 254 g/mol. The molecule has 1 fully saturated rings. The van der Waals surface area contributed by atoms with Crippen molar-refractivity contribution < 1.29 is 19.4 Å². The fraction of sp³-hybridized carbons (Fsp3) is 0.500. The van der Waals surface area contributed by atoms with Crippen LogP contribution in [0.3, 0.4) is 0 Å². The molecule has 18 heavy (non-hydrogen) atoms. The van der Waals surface area contributed by atoms with Crippen molar-refractivity contribution in [1.82, 2.24) is 4.90 Å². The highest BCUT2D eigenvalue weighted by molar-refractivity contribution is 7.10. The van der Waals surface area contributed by atoms with Crippen LogP contribution in [0.5, 0.6) is 0 Å². The van der Waals surface area contributed by atoms with E-state index in [-0.39, 0.29) is 12.5 Å². The van der Waals surface area contributed by atoms with Gasteiger partial charge in [0.1, 0.15) is 12.6 Å². The van der Waals surface area contributed by atoms with Crippen LogP contribution in [0, 0.1) is 0 Å². The van der Waals surface area contributed by atoms with Crippen LogP contribution >= 0.6 is 11.3 Å². The number of morpholine rings is 1. The first kappa shape index (κ1) is 13.0. The first-order chi connectivity index (χ1) is 8.65. The first-order valence-electron chi connectivity index (χ1n) is 5.82. The monoisotopic (exact) mass is 269 g/mol. The van der Waals surface area contributed by atoms with Crippen LogP contribution in [0.1, 0.15) is 24.3 Å². The molecule has 2 heterocycles. The van der Waals surface area contributed by atoms with Crippen LogP contribution in [0.4, 0.5) is 0 Å². The van der Waals surface area contributed by atoms with E-state index in [0.29, 0.717) is 6.54 Å². The highest BCUT2D eigenvalue weighted by atomic mass is 32.1. The van der Waals surface area contributed by atoms with E-state index in [1.165, 1.54) is 11.3 Å². The molecule has 1 aliphatic heterocycles. The van der Waals surface area contributed by atoms with Gasteiger partial charge in [-0.05, 0) is 17.9 Å². The van der Waals surface area contributed by atoms with Gasteiger partial charge in [-0.25, -0.2) is 4.79 Å². The number of hydrogen-bond donors (Lipinski definition) is 1. The molecule has 2 atom stereocenters. The van der Waals surface area contributed by atoms with Gasteiger partial charge in [-0.2, -0.15) is 0 Å². The van der Waals surface area contributed by atoms with Crippen LogP contribution in [0.2, 0.25) is 0 Å². The first-order valence-corrected chi connectivity index (χ1v) is 6.70. The van der Waals surface area contributed by atoms with Gasteiger partial charge in [0, 0.05) is 11.4 Å². The van der Waals surface area contributed by atoms with Gasteiger partial charge in [0.25, 0.3) is 0 Å². The van der Waals surface area contributed by atoms with Gasteiger partial charge >= 0.3 is 5.97 Å². The summed E-state index contributed by atoms with van der Waals surface area (Å²) < 4.78 is 5.18. The lowest BCUT2D eigenvalue weighted by atomic mass is 10.0. The van der Waals surface area contributed by atoms with E-state index in [1.807, 2.05) is 24.4 Å². The maximum Gasteiger partial charge on any atom is 0.335 e. The second-order valence-corrected chi connectivity index (χ2v) is 5.10. The highest BCUT2D eigenvalue weighted by Gasteiger charge is 2.41. The van der Waals surface area contributed by atoms with Gasteiger partial charge in [-0.3, -0.25) is 4.79 Å². The summed E-state index contributed by atoms with van der Waals surface area (Å²) in [6, 6.07) is 3.18. The summed E-state index contributed by atoms with van der Waals surface area (Å²) in [6.07, 6.45) is -0.187. The number of carbonyl (C=O) groups is 2. The summed E-state index contributed by atoms with van der Waals surface area (Å²) in [5.41, 5.74) is 0. The molecule has 0 aliphatic carbocycles. The molecule has 6 heteroatoms. The third-order valence-electron chi connectivity index (χ3n) is 2.87. The Morgan fingerprint density at radius 2 is 2.44 bits per heavy atom. The molecule has 5 nitrogen and oxygen atoms in total. The smallest absolute Gasteiger partial charge is 0.335 e. The number of carboxylic acid groups (broad SMARTS) is 1. The number of thiophene rings is 1. The zero-order valence-corrected chi connectivity index (χ0v) is 10.9. The van der Waals surface area contributed by atoms with Gasteiger partial charge in [-0.1, -0.05) is 13.0 Å². The lowest BCUT2D eigenvalue weighted by molar-refractivity contribution is -0.173. The average molecular weight is 269 g/mol. The third kappa shape index (κ3) is 2.39. The molecule has 2 unspecified atom stereocenters. The van der Waals surface area contributed by atoms with E-state index in [9.17, 15) is 14.7 Å². The second kappa shape index (κ2) is 5.49. The molecule has 0 radical (unpaired) electrons. The molecule has 1 aromatic rings. The fourth-order valence-electron chi connectivity index (χ4n) is 2.13. The van der Waals surface area contributed by atoms with Crippen molar-refractivity contribution in [1.29, 1.82) is 0 Å². The number of nitrogens with zero attached hydrogens (tertiary/aromatic N) is 1. The predicted octanol–water partition coefficient (Wildman–Crippen LogP) is 1.51. The van der Waals surface area contributed by atoms with Crippen molar-refractivity contribution in [3.8, 4) is 0 Å². The Balaban J connectivity index is 2.34. The average Bonchev–Trinajstić information content (AvgIpc) is 2.84. The Bertz CT molecular complexity index is 431. The van der Waals surface area contributed by atoms with Crippen LogP contribution in [-0.2, 0) is 14.3 Å². The van der Waals surface area contributed by atoms with E-state index in [0.717, 1.165) is 11.3 Å². The van der Waals surface area contributed by atoms with E-state index < -0.39 is 18.1 Å². The summed E-state index contributed by atoms with van der Waals surface area (Å²) in [5.74, 6) is -1.17. The SMILES string of the molecule is CCCN1C(=O)COC(C(=O)O)C1c1cccs1. The molecule has 1 saturated heterocycles. The summed E-state index contributed by atoms with van der Waals surface area (Å²) in [4.78, 5) is 25.6. The normalized spacial score (nSPS) is 24.3. The van der Waals surface area contributed by atoms with Gasteiger partial charge in [0.05, 0.1) is 0 Å². The standard InChI is InChI=1S/C12H15NO4S/c1-2-5-13-9(14)7-17-11(12(15)16)10(13)8-4-3-6-18-8/h3-4,6,10-11H,2,5,7H2,1H3,(H,15,16). The molecule has 1 aliphatic rings. The molecule has 0 saturated carbocycles. The van der Waals surface area contributed by atoms with Crippen molar-refractivity contribution >= 4 is 23.2 Å². The number of aliphatic carboxylic acids is 1. The predicted molar refractivity (Wildman–Crippen MR) is 66.4 cm³/mol. The molecule has 1 aromatic heterocycles. The minimum Gasteiger partial charge on any atom is -0.479 e. The number of carbonyl (C=O) groups excluding carboxylic acids is 1. The van der Waals surface area contributed by atoms with Gasteiger partial charge in [0.15, 0.2) is 6.10 Å². The number of rotatable bonds is 4. The topological polar surface area (TPSA) is 66.8 Å². The summed E-state index contributed by atoms with van der Waals surface area (Å²) in [6.45, 7) is 2.36. The summed E-state index contributed by atoms with van der Waals surface area (Å²) in [5, 5.41) is 11.1. The van der Waals surface area contributed by atoms with E-state index in [2.05, 4.69) is 0 Å². The highest BCUT2D eigenvalue weighted by Crippen LogP contribution is 2.33. The Kier molecular flexibility index (Phi) is 3.98. The molecule has 1 N–H and O–H groups in total. The molecule has 0 spiro atoms. The van der Waals surface area contributed by atoms with E-state index in [4.69, 9.17) is 4.74 Å². The van der Waals surface area contributed by atoms with Crippen molar-refractivity contribution in [3.05, 3.63) is 22.4 Å². The van der Waals surface area contributed by atoms with Crippen LogP contribution < -0.4 is 0 Å². The maximum atomic E-state index is 11.9. The lowest BCUT2D eigenvalue weighted by Crippen LogP contribution is -2.51. The van der Waals surface area contributed by atoms with Gasteiger partial charge in [0.2, 0.25) is 5.91 Å². The Morgan fingerprint density at radius 1 is 1.67 bits per heavy atom. The molecular formula is C12H15NO4S. The quantitative estimate of drug-likeness (QED) is 0.899. The van der Waals surface area contributed by atoms with Gasteiger partial charge < -0.3 is 14.7 Å². The minimum atomic E-state index is -1.03. The number of amides is 1. The van der Waals surface area contributed by atoms with Crippen LogP contribution in [0.25, 0.3) is 0 Å². The minimum absolute atomic E-state index is 0.146.